The van der Waals surface area contributed by atoms with E-state index >= 15 is 0 Å². The molecule has 140 valence electrons. The molecule has 0 unspecified atom stereocenters. The maximum atomic E-state index is 5.93. The molecule has 1 saturated carbocycles. The number of nitrogens with two attached hydrogens (primary N) is 1. The van der Waals surface area contributed by atoms with Gasteiger partial charge >= 0.3 is 0 Å². The van der Waals surface area contributed by atoms with E-state index in [9.17, 15) is 0 Å². The Balaban J connectivity index is 0.000000206. The van der Waals surface area contributed by atoms with Crippen LogP contribution in [0.15, 0.2) is 36.7 Å². The molecule has 2 aromatic heterocycles. The highest BCUT2D eigenvalue weighted by atomic mass is 35.5. The molecule has 1 saturated heterocycles. The lowest BCUT2D eigenvalue weighted by atomic mass is 9.90. The summed E-state index contributed by atoms with van der Waals surface area (Å²) < 4.78 is 11.3. The number of ether oxygens (including phenoxy) is 2. The fourth-order valence-electron chi connectivity index (χ4n) is 2.83. The third-order valence-corrected chi connectivity index (χ3v) is 4.61. The summed E-state index contributed by atoms with van der Waals surface area (Å²) >= 11 is 5.50. The first-order valence-electron chi connectivity index (χ1n) is 8.90. The first kappa shape index (κ1) is 18.9. The minimum Gasteiger partial charge on any atom is -0.473 e. The summed E-state index contributed by atoms with van der Waals surface area (Å²) in [5, 5.41) is 0.551. The van der Waals surface area contributed by atoms with Crippen LogP contribution in [-0.4, -0.2) is 48.4 Å². The lowest BCUT2D eigenvalue weighted by Crippen LogP contribution is -2.44. The molecule has 0 spiro atoms. The number of nitrogens with zero attached hydrogens (tertiary/aromatic N) is 3. The van der Waals surface area contributed by atoms with Gasteiger partial charge in [-0.3, -0.25) is 0 Å². The van der Waals surface area contributed by atoms with Crippen molar-refractivity contribution in [2.45, 2.75) is 31.9 Å². The molecule has 26 heavy (non-hydrogen) atoms. The van der Waals surface area contributed by atoms with Crippen LogP contribution in [0.3, 0.4) is 0 Å². The minimum absolute atomic E-state index is 0.231. The van der Waals surface area contributed by atoms with Crippen LogP contribution in [-0.2, 0) is 4.74 Å². The van der Waals surface area contributed by atoms with Crippen molar-refractivity contribution in [2.24, 2.45) is 5.73 Å². The van der Waals surface area contributed by atoms with E-state index in [0.717, 1.165) is 56.3 Å². The molecule has 3 heterocycles. The molecule has 4 rings (SSSR count). The highest BCUT2D eigenvalue weighted by Crippen LogP contribution is 2.30. The van der Waals surface area contributed by atoms with Gasteiger partial charge in [0.1, 0.15) is 16.9 Å². The van der Waals surface area contributed by atoms with Gasteiger partial charge < -0.3 is 20.1 Å². The summed E-state index contributed by atoms with van der Waals surface area (Å²) in [6.45, 7) is 5.30. The maximum Gasteiger partial charge on any atom is 0.237 e. The quantitative estimate of drug-likeness (QED) is 0.830. The van der Waals surface area contributed by atoms with Crippen molar-refractivity contribution in [1.82, 2.24) is 9.97 Å². The second-order valence-corrected chi connectivity index (χ2v) is 6.94. The van der Waals surface area contributed by atoms with Crippen molar-refractivity contribution in [3.63, 3.8) is 0 Å². The number of hydrogen-bond donors (Lipinski definition) is 1. The van der Waals surface area contributed by atoms with Crippen molar-refractivity contribution in [3.8, 4) is 5.88 Å². The fourth-order valence-corrected chi connectivity index (χ4v) is 2.94. The standard InChI is InChI=1S/C13H19N3O2.C6H6ClN/c14-10-8-11(9-10)18-13-12(2-1-3-15-13)16-4-6-17-7-5-16;1-5-2-3-6(7)8-4-5/h1-3,10-11H,4-9,14H2;2-4H,1H3. The molecule has 0 radical (unpaired) electrons. The van der Waals surface area contributed by atoms with Crippen LogP contribution in [0.25, 0.3) is 0 Å². The molecule has 7 heteroatoms. The molecular weight excluding hydrogens is 352 g/mol. The molecule has 6 nitrogen and oxygen atoms in total. The number of halogens is 1. The Hall–Kier alpha value is -1.89. The van der Waals surface area contributed by atoms with E-state index in [1.165, 1.54) is 0 Å². The summed E-state index contributed by atoms with van der Waals surface area (Å²) in [5.74, 6) is 0.733. The highest BCUT2D eigenvalue weighted by Gasteiger charge is 2.29. The van der Waals surface area contributed by atoms with Crippen LogP contribution in [0.5, 0.6) is 5.88 Å². The van der Waals surface area contributed by atoms with E-state index in [4.69, 9.17) is 26.8 Å². The van der Waals surface area contributed by atoms with E-state index in [1.807, 2.05) is 19.1 Å². The van der Waals surface area contributed by atoms with Gasteiger partial charge in [0.15, 0.2) is 0 Å². The Morgan fingerprint density at radius 1 is 1.19 bits per heavy atom. The molecule has 0 bridgehead atoms. The number of aromatic nitrogens is 2. The second-order valence-electron chi connectivity index (χ2n) is 6.56. The SMILES string of the molecule is Cc1ccc(Cl)nc1.NC1CC(Oc2ncccc2N2CCOCC2)C1. The van der Waals surface area contributed by atoms with Crippen molar-refractivity contribution in [2.75, 3.05) is 31.2 Å². The summed E-state index contributed by atoms with van der Waals surface area (Å²) in [6, 6.07) is 8.01. The minimum atomic E-state index is 0.231. The van der Waals surface area contributed by atoms with Crippen LogP contribution in [0.1, 0.15) is 18.4 Å². The Morgan fingerprint density at radius 3 is 2.58 bits per heavy atom. The Morgan fingerprint density at radius 2 is 1.96 bits per heavy atom. The number of morpholine rings is 1. The molecule has 0 aromatic carbocycles. The Kier molecular flexibility index (Phi) is 6.66. The van der Waals surface area contributed by atoms with Crippen LogP contribution < -0.4 is 15.4 Å². The van der Waals surface area contributed by atoms with Crippen LogP contribution in [0.2, 0.25) is 5.15 Å². The zero-order chi connectivity index (χ0) is 18.4. The third kappa shape index (κ3) is 5.30. The average Bonchev–Trinajstić information content (AvgIpc) is 2.65. The van der Waals surface area contributed by atoms with Gasteiger partial charge in [-0.15, -0.1) is 0 Å². The van der Waals surface area contributed by atoms with Gasteiger partial charge in [-0.2, -0.15) is 0 Å². The van der Waals surface area contributed by atoms with E-state index < -0.39 is 0 Å². The summed E-state index contributed by atoms with van der Waals surface area (Å²) in [4.78, 5) is 10.5. The average molecular weight is 377 g/mol. The van der Waals surface area contributed by atoms with Crippen molar-refractivity contribution in [3.05, 3.63) is 47.4 Å². The van der Waals surface area contributed by atoms with Gasteiger partial charge in [-0.05, 0) is 43.5 Å². The predicted molar refractivity (Wildman–Crippen MR) is 103 cm³/mol. The Bertz CT molecular complexity index is 665. The number of pyridine rings is 2. The summed E-state index contributed by atoms with van der Waals surface area (Å²) in [5.41, 5.74) is 7.98. The Labute approximate surface area is 159 Å². The number of hydrogen-bond acceptors (Lipinski definition) is 6. The van der Waals surface area contributed by atoms with Gasteiger partial charge in [-0.25, -0.2) is 9.97 Å². The molecule has 0 amide bonds. The number of rotatable bonds is 3. The van der Waals surface area contributed by atoms with Crippen LogP contribution in [0, 0.1) is 6.92 Å². The molecule has 2 aromatic rings. The zero-order valence-electron chi connectivity index (χ0n) is 15.0. The first-order valence-corrected chi connectivity index (χ1v) is 9.27. The van der Waals surface area contributed by atoms with Gasteiger partial charge in [-0.1, -0.05) is 17.7 Å². The van der Waals surface area contributed by atoms with Gasteiger partial charge in [0.05, 0.1) is 13.2 Å². The lowest BCUT2D eigenvalue weighted by Gasteiger charge is -2.34. The molecule has 1 aliphatic heterocycles. The molecule has 2 fully saturated rings. The second kappa shape index (κ2) is 9.16. The van der Waals surface area contributed by atoms with Crippen LogP contribution in [0.4, 0.5) is 5.69 Å². The highest BCUT2D eigenvalue weighted by molar-refractivity contribution is 6.29. The van der Waals surface area contributed by atoms with Gasteiger partial charge in [0, 0.05) is 31.5 Å². The largest absolute Gasteiger partial charge is 0.473 e. The molecular formula is C19H25ClN4O2. The van der Waals surface area contributed by atoms with E-state index in [0.29, 0.717) is 11.2 Å². The maximum absolute atomic E-state index is 5.93. The van der Waals surface area contributed by atoms with Crippen molar-refractivity contribution in [1.29, 1.82) is 0 Å². The predicted octanol–water partition coefficient (Wildman–Crippen LogP) is 2.83. The number of anilines is 1. The monoisotopic (exact) mass is 376 g/mol. The first-order chi connectivity index (χ1) is 12.6. The molecule has 2 N–H and O–H groups in total. The topological polar surface area (TPSA) is 73.5 Å². The molecule has 1 aliphatic carbocycles. The lowest BCUT2D eigenvalue weighted by molar-refractivity contribution is 0.0946. The van der Waals surface area contributed by atoms with E-state index in [2.05, 4.69) is 20.9 Å². The van der Waals surface area contributed by atoms with Gasteiger partial charge in [0.2, 0.25) is 5.88 Å². The van der Waals surface area contributed by atoms with E-state index in [-0.39, 0.29) is 6.10 Å². The van der Waals surface area contributed by atoms with Crippen molar-refractivity contribution < 1.29 is 9.47 Å². The summed E-state index contributed by atoms with van der Waals surface area (Å²) in [7, 11) is 0. The van der Waals surface area contributed by atoms with Crippen molar-refractivity contribution >= 4 is 17.3 Å². The third-order valence-electron chi connectivity index (χ3n) is 4.39. The fraction of sp³-hybridized carbons (Fsp3) is 0.474. The van der Waals surface area contributed by atoms with Gasteiger partial charge in [0.25, 0.3) is 0 Å². The normalized spacial score (nSPS) is 22.0. The zero-order valence-corrected chi connectivity index (χ0v) is 15.7. The smallest absolute Gasteiger partial charge is 0.237 e. The summed E-state index contributed by atoms with van der Waals surface area (Å²) in [6.07, 6.45) is 5.60. The van der Waals surface area contributed by atoms with Crippen LogP contribution >= 0.6 is 11.6 Å². The van der Waals surface area contributed by atoms with E-state index in [1.54, 1.807) is 18.5 Å². The number of aryl methyl sites for hydroxylation is 1. The molecule has 2 aliphatic rings. The molecule has 0 atom stereocenters.